The Morgan fingerprint density at radius 2 is 1.89 bits per heavy atom. The first-order valence-electron chi connectivity index (χ1n) is 7.91. The van der Waals surface area contributed by atoms with Crippen molar-refractivity contribution >= 4 is 41.9 Å². The van der Waals surface area contributed by atoms with E-state index in [1.807, 2.05) is 0 Å². The second kappa shape index (κ2) is 7.89. The third kappa shape index (κ3) is 3.65. The lowest BCUT2D eigenvalue weighted by Gasteiger charge is -2.12. The highest BCUT2D eigenvalue weighted by Gasteiger charge is 2.18. The Morgan fingerprint density at radius 1 is 1.14 bits per heavy atom. The van der Waals surface area contributed by atoms with Crippen LogP contribution in [0.3, 0.4) is 0 Å². The van der Waals surface area contributed by atoms with Gasteiger partial charge in [-0.1, -0.05) is 35.6 Å². The zero-order chi connectivity index (χ0) is 20.4. The van der Waals surface area contributed by atoms with Crippen LogP contribution >= 0.6 is 24.2 Å². The Hall–Kier alpha value is -3.08. The molecular formula is C20H14ClF2N4S+. The molecule has 8 heteroatoms. The molecule has 2 aromatic carbocycles. The summed E-state index contributed by atoms with van der Waals surface area (Å²) in [5, 5.41) is 5.79. The minimum absolute atomic E-state index is 0.141. The molecule has 0 bridgehead atoms. The third-order valence-electron chi connectivity index (χ3n) is 3.99. The predicted molar refractivity (Wildman–Crippen MR) is 110 cm³/mol. The molecule has 0 unspecified atom stereocenters. The van der Waals surface area contributed by atoms with Gasteiger partial charge in [-0.3, -0.25) is 5.41 Å². The van der Waals surface area contributed by atoms with E-state index in [-0.39, 0.29) is 17.1 Å². The number of nitrogen functional groups attached to an aromatic ring is 2. The normalized spacial score (nSPS) is 10.3. The summed E-state index contributed by atoms with van der Waals surface area (Å²) in [7, 11) is 0. The number of rotatable bonds is 2. The molecule has 1 heterocycles. The number of hydrogen-bond acceptors (Lipinski definition) is 4. The van der Waals surface area contributed by atoms with E-state index in [1.165, 1.54) is 12.4 Å². The molecule has 4 nitrogen and oxygen atoms in total. The van der Waals surface area contributed by atoms with Crippen LogP contribution in [0.15, 0.2) is 41.4 Å². The summed E-state index contributed by atoms with van der Waals surface area (Å²) in [6.45, 7) is 0. The van der Waals surface area contributed by atoms with Crippen LogP contribution in [-0.2, 0) is 0 Å². The number of nitrogens with two attached hydrogens (primary N) is 3. The van der Waals surface area contributed by atoms with Gasteiger partial charge in [0.1, 0.15) is 11.6 Å². The van der Waals surface area contributed by atoms with E-state index in [2.05, 4.69) is 29.5 Å². The van der Waals surface area contributed by atoms with Crippen LogP contribution in [-0.4, -0.2) is 11.2 Å². The van der Waals surface area contributed by atoms with Crippen molar-refractivity contribution in [2.45, 2.75) is 4.90 Å². The molecule has 140 valence electrons. The second-order valence-electron chi connectivity index (χ2n) is 5.76. The predicted octanol–water partition coefficient (Wildman–Crippen LogP) is 2.71. The van der Waals surface area contributed by atoms with Gasteiger partial charge in [0.15, 0.2) is 12.0 Å². The molecule has 0 fully saturated rings. The van der Waals surface area contributed by atoms with Gasteiger partial charge in [0.05, 0.1) is 21.8 Å². The molecule has 0 amide bonds. The maximum absolute atomic E-state index is 14.8. The lowest BCUT2D eigenvalue weighted by Crippen LogP contribution is -2.30. The molecular weight excluding hydrogens is 402 g/mol. The van der Waals surface area contributed by atoms with Crippen LogP contribution in [0.4, 0.5) is 20.3 Å². The molecule has 6 N–H and O–H groups in total. The molecule has 0 aliphatic heterocycles. The number of aromatic nitrogens is 1. The highest BCUT2D eigenvalue weighted by molar-refractivity contribution is 7.80. The topological polar surface area (TPSA) is 90.5 Å². The van der Waals surface area contributed by atoms with Crippen molar-refractivity contribution in [3.05, 3.63) is 69.9 Å². The van der Waals surface area contributed by atoms with Crippen LogP contribution in [0.5, 0.6) is 0 Å². The number of benzene rings is 2. The third-order valence-corrected chi connectivity index (χ3v) is 4.92. The van der Waals surface area contributed by atoms with Crippen LogP contribution < -0.4 is 16.9 Å². The number of thiol groups is 1. The van der Waals surface area contributed by atoms with Crippen molar-refractivity contribution in [3.63, 3.8) is 0 Å². The van der Waals surface area contributed by atoms with Crippen molar-refractivity contribution in [1.82, 2.24) is 4.98 Å². The van der Waals surface area contributed by atoms with Crippen molar-refractivity contribution in [2.75, 3.05) is 11.5 Å². The standard InChI is InChI=1S/C20H13ClF2N4S/c21-15-3-1-2-12(19(15)28)14-7-16(22)13(17(23)18(14)25)5-4-10-6-11(8-24)20(26)27-9-10/h1-3,6-9,24,28H,25H2,(H2,26,27)/p+1. The maximum atomic E-state index is 14.8. The van der Waals surface area contributed by atoms with Crippen molar-refractivity contribution < 1.29 is 14.2 Å². The number of nitrogens with zero attached hydrogens (tertiary/aromatic N) is 1. The summed E-state index contributed by atoms with van der Waals surface area (Å²) in [6.07, 6.45) is 2.64. The summed E-state index contributed by atoms with van der Waals surface area (Å²) < 4.78 is 29.4. The SMILES string of the molecule is Nc1ncc(C#Cc2c(F)cc(-c3cccc(Cl)c3S)c(N)c2F)cc1C=[NH2+]. The van der Waals surface area contributed by atoms with Crippen molar-refractivity contribution in [2.24, 2.45) is 0 Å². The van der Waals surface area contributed by atoms with Gasteiger partial charge in [-0.05, 0) is 23.8 Å². The second-order valence-corrected chi connectivity index (χ2v) is 6.61. The first-order valence-corrected chi connectivity index (χ1v) is 8.73. The van der Waals surface area contributed by atoms with Gasteiger partial charge in [-0.15, -0.1) is 12.6 Å². The number of hydrogen-bond donors (Lipinski definition) is 4. The van der Waals surface area contributed by atoms with Crippen LogP contribution in [0.1, 0.15) is 16.7 Å². The van der Waals surface area contributed by atoms with Crippen LogP contribution in [0.2, 0.25) is 5.02 Å². The van der Waals surface area contributed by atoms with E-state index in [0.717, 1.165) is 6.07 Å². The highest BCUT2D eigenvalue weighted by atomic mass is 35.5. The fraction of sp³-hybridized carbons (Fsp3) is 0. The van der Waals surface area contributed by atoms with E-state index in [1.54, 1.807) is 24.3 Å². The van der Waals surface area contributed by atoms with Crippen LogP contribution in [0.25, 0.3) is 11.1 Å². The number of halogens is 3. The van der Waals surface area contributed by atoms with Gasteiger partial charge in [0.2, 0.25) is 0 Å². The lowest BCUT2D eigenvalue weighted by atomic mass is 10.00. The number of anilines is 2. The summed E-state index contributed by atoms with van der Waals surface area (Å²) in [6, 6.07) is 7.54. The molecule has 0 atom stereocenters. The maximum Gasteiger partial charge on any atom is 0.171 e. The number of pyridine rings is 1. The quantitative estimate of drug-likeness (QED) is 0.224. The molecule has 0 aliphatic carbocycles. The lowest BCUT2D eigenvalue weighted by molar-refractivity contribution is -0.104. The Morgan fingerprint density at radius 3 is 2.61 bits per heavy atom. The van der Waals surface area contributed by atoms with Gasteiger partial charge in [0, 0.05) is 22.2 Å². The van der Waals surface area contributed by atoms with E-state index in [9.17, 15) is 8.78 Å². The largest absolute Gasteiger partial charge is 0.396 e. The van der Waals surface area contributed by atoms with Gasteiger partial charge >= 0.3 is 0 Å². The van der Waals surface area contributed by atoms with Gasteiger partial charge in [0.25, 0.3) is 0 Å². The average molecular weight is 416 g/mol. The monoisotopic (exact) mass is 415 g/mol. The van der Waals surface area contributed by atoms with Gasteiger partial charge < -0.3 is 11.5 Å². The minimum atomic E-state index is -0.968. The van der Waals surface area contributed by atoms with Gasteiger partial charge in [-0.2, -0.15) is 0 Å². The highest BCUT2D eigenvalue weighted by Crippen LogP contribution is 2.37. The molecule has 0 saturated carbocycles. The van der Waals surface area contributed by atoms with E-state index < -0.39 is 17.2 Å². The van der Waals surface area contributed by atoms with E-state index in [0.29, 0.717) is 26.6 Å². The Bertz CT molecular complexity index is 1170. The van der Waals surface area contributed by atoms with Crippen molar-refractivity contribution in [3.8, 4) is 23.0 Å². The summed E-state index contributed by atoms with van der Waals surface area (Å²) in [5.74, 6) is 3.48. The summed E-state index contributed by atoms with van der Waals surface area (Å²) in [4.78, 5) is 4.29. The molecule has 0 aliphatic rings. The van der Waals surface area contributed by atoms with Crippen LogP contribution in [0, 0.1) is 23.5 Å². The molecule has 0 radical (unpaired) electrons. The van der Waals surface area contributed by atoms with E-state index in [4.69, 9.17) is 28.5 Å². The first kappa shape index (κ1) is 19.7. The fourth-order valence-corrected chi connectivity index (χ4v) is 2.98. The average Bonchev–Trinajstić information content (AvgIpc) is 2.68. The summed E-state index contributed by atoms with van der Waals surface area (Å²) in [5.41, 5.74) is 12.2. The molecule has 3 rings (SSSR count). The zero-order valence-electron chi connectivity index (χ0n) is 14.3. The van der Waals surface area contributed by atoms with Crippen molar-refractivity contribution in [1.29, 1.82) is 0 Å². The minimum Gasteiger partial charge on any atom is -0.396 e. The fourth-order valence-electron chi connectivity index (χ4n) is 2.53. The van der Waals surface area contributed by atoms with E-state index >= 15 is 0 Å². The molecule has 3 aromatic rings. The summed E-state index contributed by atoms with van der Waals surface area (Å²) >= 11 is 10.3. The molecule has 0 saturated heterocycles. The Kier molecular flexibility index (Phi) is 5.54. The smallest absolute Gasteiger partial charge is 0.171 e. The van der Waals surface area contributed by atoms with Gasteiger partial charge in [-0.25, -0.2) is 13.8 Å². The Balaban J connectivity index is 2.10. The molecule has 28 heavy (non-hydrogen) atoms. The molecule has 1 aromatic heterocycles. The first-order chi connectivity index (χ1) is 13.3. The molecule has 0 spiro atoms. The zero-order valence-corrected chi connectivity index (χ0v) is 16.0. The Labute approximate surface area is 170 Å².